The molecule has 0 aromatic heterocycles. The van der Waals surface area contributed by atoms with E-state index in [-0.39, 0.29) is 18.3 Å². The number of para-hydroxylation sites is 1. The number of methoxy groups -OCH3 is 2. The number of carbonyl (C=O) groups excluding carboxylic acids is 2. The standard InChI is InChI=1S/C24H23NO6/c1-25(18-10-12-20(13-11-18)31-19-7-5-4-6-8-19)24(27)17-9-14-21(28-2)22(15-17)30-16-23(26)29-3/h4-15H,16H2,1-3H3. The molecule has 0 atom stereocenters. The Bertz CT molecular complexity index is 1030. The molecule has 0 radical (unpaired) electrons. The lowest BCUT2D eigenvalue weighted by atomic mass is 10.1. The van der Waals surface area contributed by atoms with Gasteiger partial charge in [-0.05, 0) is 54.6 Å². The fraction of sp³-hybridized carbons (Fsp3) is 0.167. The van der Waals surface area contributed by atoms with Crippen LogP contribution in [0.1, 0.15) is 10.4 Å². The number of hydrogen-bond acceptors (Lipinski definition) is 6. The lowest BCUT2D eigenvalue weighted by Gasteiger charge is -2.19. The van der Waals surface area contributed by atoms with Crippen molar-refractivity contribution in [1.29, 1.82) is 0 Å². The second-order valence-corrected chi connectivity index (χ2v) is 6.50. The van der Waals surface area contributed by atoms with Gasteiger partial charge < -0.3 is 23.8 Å². The van der Waals surface area contributed by atoms with Crippen molar-refractivity contribution in [2.45, 2.75) is 0 Å². The maximum absolute atomic E-state index is 13.0. The van der Waals surface area contributed by atoms with Crippen molar-refractivity contribution in [2.24, 2.45) is 0 Å². The minimum Gasteiger partial charge on any atom is -0.493 e. The van der Waals surface area contributed by atoms with E-state index in [0.29, 0.717) is 22.7 Å². The fourth-order valence-electron chi connectivity index (χ4n) is 2.79. The predicted molar refractivity (Wildman–Crippen MR) is 116 cm³/mol. The molecule has 0 saturated carbocycles. The van der Waals surface area contributed by atoms with E-state index in [9.17, 15) is 9.59 Å². The molecule has 3 aromatic carbocycles. The maximum atomic E-state index is 13.0. The number of ether oxygens (including phenoxy) is 4. The Morgan fingerprint density at radius 1 is 0.839 bits per heavy atom. The molecule has 0 aliphatic rings. The largest absolute Gasteiger partial charge is 0.493 e. The van der Waals surface area contributed by atoms with Gasteiger partial charge in [0.2, 0.25) is 0 Å². The summed E-state index contributed by atoms with van der Waals surface area (Å²) in [4.78, 5) is 25.9. The Hall–Kier alpha value is -4.00. The number of amides is 1. The second kappa shape index (κ2) is 10.2. The molecule has 0 heterocycles. The van der Waals surface area contributed by atoms with Crippen molar-refractivity contribution in [1.82, 2.24) is 0 Å². The summed E-state index contributed by atoms with van der Waals surface area (Å²) in [5, 5.41) is 0. The van der Waals surface area contributed by atoms with Gasteiger partial charge in [-0.15, -0.1) is 0 Å². The van der Waals surface area contributed by atoms with Crippen LogP contribution in [0.3, 0.4) is 0 Å². The number of rotatable bonds is 8. The molecule has 0 spiro atoms. The highest BCUT2D eigenvalue weighted by Crippen LogP contribution is 2.30. The summed E-state index contributed by atoms with van der Waals surface area (Å²) in [5.41, 5.74) is 1.08. The average molecular weight is 421 g/mol. The molecule has 0 aliphatic carbocycles. The maximum Gasteiger partial charge on any atom is 0.343 e. The zero-order valence-electron chi connectivity index (χ0n) is 17.5. The van der Waals surface area contributed by atoms with Crippen molar-refractivity contribution in [2.75, 3.05) is 32.8 Å². The first-order valence-electron chi connectivity index (χ1n) is 9.50. The van der Waals surface area contributed by atoms with Crippen molar-refractivity contribution in [3.8, 4) is 23.0 Å². The van der Waals surface area contributed by atoms with Crippen LogP contribution in [-0.4, -0.2) is 39.8 Å². The van der Waals surface area contributed by atoms with E-state index in [1.54, 1.807) is 43.4 Å². The van der Waals surface area contributed by atoms with Gasteiger partial charge in [-0.1, -0.05) is 18.2 Å². The smallest absolute Gasteiger partial charge is 0.343 e. The molecule has 3 rings (SSSR count). The summed E-state index contributed by atoms with van der Waals surface area (Å²) < 4.78 is 21.0. The van der Waals surface area contributed by atoms with Crippen LogP contribution in [0.5, 0.6) is 23.0 Å². The fourth-order valence-corrected chi connectivity index (χ4v) is 2.79. The molecule has 0 saturated heterocycles. The van der Waals surface area contributed by atoms with Gasteiger partial charge in [-0.3, -0.25) is 4.79 Å². The Labute approximate surface area is 180 Å². The molecule has 0 unspecified atom stereocenters. The number of hydrogen-bond donors (Lipinski definition) is 0. The van der Waals surface area contributed by atoms with Crippen LogP contribution in [0.15, 0.2) is 72.8 Å². The van der Waals surface area contributed by atoms with E-state index < -0.39 is 5.97 Å². The van der Waals surface area contributed by atoms with Gasteiger partial charge in [0.25, 0.3) is 5.91 Å². The number of benzene rings is 3. The van der Waals surface area contributed by atoms with Gasteiger partial charge >= 0.3 is 5.97 Å². The van der Waals surface area contributed by atoms with E-state index >= 15 is 0 Å². The van der Waals surface area contributed by atoms with Crippen LogP contribution in [-0.2, 0) is 9.53 Å². The summed E-state index contributed by atoms with van der Waals surface area (Å²) in [6.07, 6.45) is 0. The molecule has 0 bridgehead atoms. The first-order valence-corrected chi connectivity index (χ1v) is 9.50. The van der Waals surface area contributed by atoms with Crippen LogP contribution in [0.2, 0.25) is 0 Å². The van der Waals surface area contributed by atoms with Crippen LogP contribution < -0.4 is 19.1 Å². The Morgan fingerprint density at radius 2 is 1.52 bits per heavy atom. The third-order valence-electron chi connectivity index (χ3n) is 4.49. The molecule has 31 heavy (non-hydrogen) atoms. The number of carbonyl (C=O) groups is 2. The second-order valence-electron chi connectivity index (χ2n) is 6.50. The van der Waals surface area contributed by atoms with Gasteiger partial charge in [0.05, 0.1) is 14.2 Å². The minimum absolute atomic E-state index is 0.248. The molecule has 7 heteroatoms. The molecule has 160 valence electrons. The van der Waals surface area contributed by atoms with Gasteiger partial charge in [0, 0.05) is 18.3 Å². The normalized spacial score (nSPS) is 10.2. The Balaban J connectivity index is 1.73. The van der Waals surface area contributed by atoms with E-state index in [4.69, 9.17) is 14.2 Å². The highest BCUT2D eigenvalue weighted by molar-refractivity contribution is 6.06. The Kier molecular flexibility index (Phi) is 7.11. The number of anilines is 1. The molecule has 1 amide bonds. The zero-order chi connectivity index (χ0) is 22.2. The lowest BCUT2D eigenvalue weighted by molar-refractivity contribution is -0.142. The number of esters is 1. The van der Waals surface area contributed by atoms with Crippen LogP contribution in [0, 0.1) is 0 Å². The topological polar surface area (TPSA) is 74.3 Å². The first-order chi connectivity index (χ1) is 15.0. The van der Waals surface area contributed by atoms with E-state index in [0.717, 1.165) is 5.75 Å². The highest BCUT2D eigenvalue weighted by Gasteiger charge is 2.17. The number of nitrogens with zero attached hydrogens (tertiary/aromatic N) is 1. The minimum atomic E-state index is -0.534. The van der Waals surface area contributed by atoms with E-state index in [1.165, 1.54) is 25.2 Å². The molecule has 0 aliphatic heterocycles. The zero-order valence-corrected chi connectivity index (χ0v) is 17.5. The molecule has 0 N–H and O–H groups in total. The molecular formula is C24H23NO6. The quantitative estimate of drug-likeness (QED) is 0.505. The van der Waals surface area contributed by atoms with Crippen molar-refractivity contribution >= 4 is 17.6 Å². The van der Waals surface area contributed by atoms with Crippen LogP contribution >= 0.6 is 0 Å². The summed E-state index contributed by atoms with van der Waals surface area (Å²) in [7, 11) is 4.43. The van der Waals surface area contributed by atoms with Crippen LogP contribution in [0.4, 0.5) is 5.69 Å². The van der Waals surface area contributed by atoms with Crippen molar-refractivity contribution in [3.63, 3.8) is 0 Å². The van der Waals surface area contributed by atoms with Gasteiger partial charge in [0.1, 0.15) is 11.5 Å². The van der Waals surface area contributed by atoms with Gasteiger partial charge in [-0.25, -0.2) is 4.79 Å². The third kappa shape index (κ3) is 5.54. The van der Waals surface area contributed by atoms with E-state index in [1.807, 2.05) is 30.3 Å². The SMILES string of the molecule is COC(=O)COc1cc(C(=O)N(C)c2ccc(Oc3ccccc3)cc2)ccc1OC. The lowest BCUT2D eigenvalue weighted by Crippen LogP contribution is -2.26. The summed E-state index contributed by atoms with van der Waals surface area (Å²) in [5.74, 6) is 1.30. The summed E-state index contributed by atoms with van der Waals surface area (Å²) in [6, 6.07) is 21.4. The van der Waals surface area contributed by atoms with Gasteiger partial charge in [-0.2, -0.15) is 0 Å². The molecule has 0 fully saturated rings. The summed E-state index contributed by atoms with van der Waals surface area (Å²) in [6.45, 7) is -0.288. The molecular weight excluding hydrogens is 398 g/mol. The predicted octanol–water partition coefficient (Wildman–Crippen LogP) is 4.32. The molecule has 3 aromatic rings. The highest BCUT2D eigenvalue weighted by atomic mass is 16.6. The average Bonchev–Trinajstić information content (AvgIpc) is 2.82. The van der Waals surface area contributed by atoms with Crippen molar-refractivity contribution < 1.29 is 28.5 Å². The Morgan fingerprint density at radius 3 is 2.16 bits per heavy atom. The van der Waals surface area contributed by atoms with E-state index in [2.05, 4.69) is 4.74 Å². The molecule has 7 nitrogen and oxygen atoms in total. The van der Waals surface area contributed by atoms with Crippen molar-refractivity contribution in [3.05, 3.63) is 78.4 Å². The first kappa shape index (κ1) is 21.7. The summed E-state index contributed by atoms with van der Waals surface area (Å²) >= 11 is 0. The third-order valence-corrected chi connectivity index (χ3v) is 4.49. The van der Waals surface area contributed by atoms with Crippen LogP contribution in [0.25, 0.3) is 0 Å². The monoisotopic (exact) mass is 421 g/mol. The van der Waals surface area contributed by atoms with Gasteiger partial charge in [0.15, 0.2) is 18.1 Å².